The average molecular weight is 507 g/mol. The standard InChI is InChI=1S/C26H23ClN4O3S/c1-31-20-12-11-17(27)13-19(20)23(16-7-3-2-4-8-16)29-24(25(31)32)30-26(35)28-14-18-15-33-21-9-5-6-10-22(21)34-18/h2-13,18,24H,14-15H2,1H3,(H2,28,30,35). The molecular weight excluding hydrogens is 484 g/mol. The number of halogens is 1. The van der Waals surface area contributed by atoms with Gasteiger partial charge in [-0.05, 0) is 42.5 Å². The van der Waals surface area contributed by atoms with Crippen molar-refractivity contribution < 1.29 is 14.3 Å². The summed E-state index contributed by atoms with van der Waals surface area (Å²) in [6.45, 7) is 0.798. The van der Waals surface area contributed by atoms with E-state index in [4.69, 9.17) is 38.3 Å². The number of aliphatic imine (C=N–C) groups is 1. The van der Waals surface area contributed by atoms with E-state index in [1.54, 1.807) is 18.0 Å². The van der Waals surface area contributed by atoms with Gasteiger partial charge in [0.25, 0.3) is 5.91 Å². The third-order valence-electron chi connectivity index (χ3n) is 5.77. The van der Waals surface area contributed by atoms with Crippen LogP contribution in [0.2, 0.25) is 5.02 Å². The van der Waals surface area contributed by atoms with Crippen LogP contribution in [0, 0.1) is 0 Å². The van der Waals surface area contributed by atoms with E-state index in [1.165, 1.54) is 0 Å². The summed E-state index contributed by atoms with van der Waals surface area (Å²) in [5, 5.41) is 7.04. The molecule has 2 aliphatic heterocycles. The summed E-state index contributed by atoms with van der Waals surface area (Å²) < 4.78 is 11.7. The number of fused-ring (bicyclic) bond motifs is 2. The largest absolute Gasteiger partial charge is 0.486 e. The molecule has 1 amide bonds. The third-order valence-corrected chi connectivity index (χ3v) is 6.27. The molecule has 178 valence electrons. The molecule has 0 bridgehead atoms. The zero-order valence-electron chi connectivity index (χ0n) is 18.9. The molecular formula is C26H23ClN4O3S. The summed E-state index contributed by atoms with van der Waals surface area (Å²) >= 11 is 11.8. The Balaban J connectivity index is 1.35. The lowest BCUT2D eigenvalue weighted by Gasteiger charge is -2.27. The molecule has 0 saturated carbocycles. The number of nitrogens with zero attached hydrogens (tertiary/aromatic N) is 2. The quantitative estimate of drug-likeness (QED) is 0.524. The highest BCUT2D eigenvalue weighted by Crippen LogP contribution is 2.31. The molecule has 0 saturated heterocycles. The number of hydrogen-bond donors (Lipinski definition) is 2. The van der Waals surface area contributed by atoms with E-state index in [2.05, 4.69) is 10.6 Å². The Kier molecular flexibility index (Phi) is 6.57. The van der Waals surface area contributed by atoms with Crippen molar-refractivity contribution in [3.63, 3.8) is 0 Å². The Morgan fingerprint density at radius 3 is 2.66 bits per heavy atom. The second-order valence-corrected chi connectivity index (χ2v) is 9.00. The van der Waals surface area contributed by atoms with Crippen molar-refractivity contribution in [2.75, 3.05) is 25.1 Å². The summed E-state index contributed by atoms with van der Waals surface area (Å²) in [5.41, 5.74) is 3.02. The molecule has 2 atom stereocenters. The number of carbonyl (C=O) groups excluding carboxylic acids is 1. The van der Waals surface area contributed by atoms with E-state index in [0.717, 1.165) is 22.6 Å². The van der Waals surface area contributed by atoms with Crippen molar-refractivity contribution >= 4 is 46.2 Å². The Morgan fingerprint density at radius 2 is 1.86 bits per heavy atom. The molecule has 0 aliphatic carbocycles. The molecule has 0 fully saturated rings. The molecule has 2 N–H and O–H groups in total. The monoisotopic (exact) mass is 506 g/mol. The van der Waals surface area contributed by atoms with Gasteiger partial charge in [-0.1, -0.05) is 54.1 Å². The molecule has 9 heteroatoms. The lowest BCUT2D eigenvalue weighted by atomic mass is 10.0. The molecule has 2 heterocycles. The maximum absolute atomic E-state index is 13.3. The van der Waals surface area contributed by atoms with Crippen molar-refractivity contribution in [3.8, 4) is 11.5 Å². The number of amides is 1. The minimum Gasteiger partial charge on any atom is -0.486 e. The van der Waals surface area contributed by atoms with Gasteiger partial charge in [-0.15, -0.1) is 0 Å². The second-order valence-electron chi connectivity index (χ2n) is 8.16. The van der Waals surface area contributed by atoms with Gasteiger partial charge in [0.2, 0.25) is 6.17 Å². The highest BCUT2D eigenvalue weighted by atomic mass is 35.5. The Labute approximate surface area is 213 Å². The van der Waals surface area contributed by atoms with Gasteiger partial charge in [-0.2, -0.15) is 0 Å². The smallest absolute Gasteiger partial charge is 0.272 e. The molecule has 0 spiro atoms. The van der Waals surface area contributed by atoms with Crippen molar-refractivity contribution in [3.05, 3.63) is 88.9 Å². The number of carbonyl (C=O) groups is 1. The van der Waals surface area contributed by atoms with Crippen LogP contribution in [0.15, 0.2) is 77.8 Å². The van der Waals surface area contributed by atoms with Crippen molar-refractivity contribution in [2.24, 2.45) is 4.99 Å². The van der Waals surface area contributed by atoms with Gasteiger partial charge in [0, 0.05) is 23.2 Å². The maximum Gasteiger partial charge on any atom is 0.272 e. The van der Waals surface area contributed by atoms with Crippen LogP contribution in [0.3, 0.4) is 0 Å². The number of likely N-dealkylation sites (N-methyl/N-ethyl adjacent to an activating group) is 1. The topological polar surface area (TPSA) is 75.2 Å². The molecule has 3 aromatic rings. The fraction of sp³-hybridized carbons (Fsp3) is 0.192. The Morgan fingerprint density at radius 1 is 1.11 bits per heavy atom. The van der Waals surface area contributed by atoms with Crippen LogP contribution in [0.5, 0.6) is 11.5 Å². The summed E-state index contributed by atoms with van der Waals surface area (Å²) in [6, 6.07) is 22.6. The molecule has 5 rings (SSSR count). The van der Waals surface area contributed by atoms with E-state index in [1.807, 2.05) is 66.7 Å². The lowest BCUT2D eigenvalue weighted by molar-refractivity contribution is -0.119. The van der Waals surface area contributed by atoms with Crippen LogP contribution in [0.25, 0.3) is 0 Å². The first kappa shape index (κ1) is 23.1. The first-order valence-electron chi connectivity index (χ1n) is 11.1. The number of para-hydroxylation sites is 2. The first-order valence-corrected chi connectivity index (χ1v) is 11.9. The molecule has 0 radical (unpaired) electrons. The summed E-state index contributed by atoms with van der Waals surface area (Å²) in [7, 11) is 1.72. The number of hydrogen-bond acceptors (Lipinski definition) is 5. The number of benzodiazepines with no additional fused rings is 1. The predicted octanol–water partition coefficient (Wildman–Crippen LogP) is 3.78. The third kappa shape index (κ3) is 4.94. The minimum absolute atomic E-state index is 0.230. The fourth-order valence-electron chi connectivity index (χ4n) is 4.01. The maximum atomic E-state index is 13.3. The predicted molar refractivity (Wildman–Crippen MR) is 141 cm³/mol. The van der Waals surface area contributed by atoms with Crippen molar-refractivity contribution in [2.45, 2.75) is 12.3 Å². The van der Waals surface area contributed by atoms with E-state index >= 15 is 0 Å². The number of rotatable bonds is 4. The van der Waals surface area contributed by atoms with Crippen LogP contribution < -0.4 is 25.0 Å². The number of anilines is 1. The van der Waals surface area contributed by atoms with Gasteiger partial charge in [0.15, 0.2) is 16.6 Å². The lowest BCUT2D eigenvalue weighted by Crippen LogP contribution is -2.51. The summed E-state index contributed by atoms with van der Waals surface area (Å²) in [4.78, 5) is 19.7. The van der Waals surface area contributed by atoms with E-state index < -0.39 is 6.17 Å². The fourth-order valence-corrected chi connectivity index (χ4v) is 4.38. The van der Waals surface area contributed by atoms with Gasteiger partial charge >= 0.3 is 0 Å². The van der Waals surface area contributed by atoms with Crippen LogP contribution >= 0.6 is 23.8 Å². The van der Waals surface area contributed by atoms with Crippen LogP contribution in [-0.2, 0) is 4.79 Å². The second kappa shape index (κ2) is 9.93. The Bertz CT molecular complexity index is 1300. The zero-order chi connectivity index (χ0) is 24.4. The molecule has 3 aromatic carbocycles. The van der Waals surface area contributed by atoms with Gasteiger partial charge in [-0.25, -0.2) is 4.99 Å². The molecule has 7 nitrogen and oxygen atoms in total. The first-order chi connectivity index (χ1) is 17.0. The van der Waals surface area contributed by atoms with Gasteiger partial charge in [0.1, 0.15) is 12.7 Å². The number of ether oxygens (including phenoxy) is 2. The average Bonchev–Trinajstić information content (AvgIpc) is 2.98. The summed E-state index contributed by atoms with van der Waals surface area (Å²) in [5.74, 6) is 1.17. The van der Waals surface area contributed by atoms with E-state index in [-0.39, 0.29) is 12.0 Å². The van der Waals surface area contributed by atoms with Crippen molar-refractivity contribution in [1.29, 1.82) is 0 Å². The highest BCUT2D eigenvalue weighted by molar-refractivity contribution is 7.80. The van der Waals surface area contributed by atoms with E-state index in [0.29, 0.717) is 34.7 Å². The van der Waals surface area contributed by atoms with Gasteiger partial charge in [0.05, 0.1) is 17.9 Å². The molecule has 2 aliphatic rings. The van der Waals surface area contributed by atoms with Crippen molar-refractivity contribution in [1.82, 2.24) is 10.6 Å². The molecule has 0 aromatic heterocycles. The van der Waals surface area contributed by atoms with Gasteiger partial charge in [-0.3, -0.25) is 4.79 Å². The highest BCUT2D eigenvalue weighted by Gasteiger charge is 2.31. The van der Waals surface area contributed by atoms with Crippen LogP contribution in [-0.4, -0.2) is 49.2 Å². The van der Waals surface area contributed by atoms with Crippen LogP contribution in [0.1, 0.15) is 11.1 Å². The number of benzene rings is 3. The molecule has 35 heavy (non-hydrogen) atoms. The molecule has 2 unspecified atom stereocenters. The number of nitrogens with one attached hydrogen (secondary N) is 2. The Hall–Kier alpha value is -3.62. The van der Waals surface area contributed by atoms with Gasteiger partial charge < -0.3 is 25.0 Å². The van der Waals surface area contributed by atoms with Crippen LogP contribution in [0.4, 0.5) is 5.69 Å². The normalized spacial score (nSPS) is 18.7. The minimum atomic E-state index is -0.925. The summed E-state index contributed by atoms with van der Waals surface area (Å²) in [6.07, 6.45) is -1.16. The van der Waals surface area contributed by atoms with E-state index in [9.17, 15) is 4.79 Å². The number of thiocarbonyl (C=S) groups is 1. The SMILES string of the molecule is CN1C(=O)C(NC(=S)NCC2COc3ccccc3O2)N=C(c2ccccc2)c2cc(Cl)ccc21. The zero-order valence-corrected chi connectivity index (χ0v) is 20.5.